The Morgan fingerprint density at radius 3 is 2.21 bits per heavy atom. The fourth-order valence-electron chi connectivity index (χ4n) is 6.67. The number of rotatable bonds is 15. The van der Waals surface area contributed by atoms with Crippen LogP contribution in [0, 0.1) is 5.41 Å². The van der Waals surface area contributed by atoms with Gasteiger partial charge in [0.1, 0.15) is 12.4 Å². The third-order valence-electron chi connectivity index (χ3n) is 9.71. The number of aryl methyl sites for hydroxylation is 1. The predicted octanol–water partition coefficient (Wildman–Crippen LogP) is 5.51. The van der Waals surface area contributed by atoms with Crippen molar-refractivity contribution < 1.29 is 24.3 Å². The Hall–Kier alpha value is -5.39. The third-order valence-corrected chi connectivity index (χ3v) is 9.71. The molecule has 0 aliphatic carbocycles. The molecule has 1 saturated heterocycles. The lowest BCUT2D eigenvalue weighted by Crippen LogP contribution is -2.50. The van der Waals surface area contributed by atoms with Crippen molar-refractivity contribution in [2.24, 2.45) is 5.41 Å². The van der Waals surface area contributed by atoms with E-state index in [1.165, 1.54) is 0 Å². The van der Waals surface area contributed by atoms with Crippen molar-refractivity contribution in [3.63, 3.8) is 0 Å². The Bertz CT molecular complexity index is 1860. The number of nitrogens with one attached hydrogen (secondary N) is 3. The summed E-state index contributed by atoms with van der Waals surface area (Å²) in [5.41, 5.74) is 4.99. The molecule has 52 heavy (non-hydrogen) atoms. The van der Waals surface area contributed by atoms with Crippen LogP contribution in [-0.2, 0) is 46.9 Å². The number of amides is 3. The van der Waals surface area contributed by atoms with Gasteiger partial charge in [0, 0.05) is 36.9 Å². The van der Waals surface area contributed by atoms with Gasteiger partial charge in [-0.3, -0.25) is 19.3 Å². The van der Waals surface area contributed by atoms with E-state index in [-0.39, 0.29) is 42.8 Å². The van der Waals surface area contributed by atoms with Crippen LogP contribution in [0.15, 0.2) is 91.1 Å². The summed E-state index contributed by atoms with van der Waals surface area (Å²) in [5, 5.41) is 18.2. The molecule has 5 rings (SSSR count). The highest BCUT2D eigenvalue weighted by molar-refractivity contribution is 5.96. The van der Waals surface area contributed by atoms with Gasteiger partial charge in [-0.2, -0.15) is 0 Å². The van der Waals surface area contributed by atoms with E-state index in [4.69, 9.17) is 0 Å². The van der Waals surface area contributed by atoms with E-state index in [2.05, 4.69) is 25.8 Å². The number of piperidine rings is 1. The molecule has 272 valence electrons. The summed E-state index contributed by atoms with van der Waals surface area (Å²) in [7, 11) is 1.88. The number of pyridine rings is 1. The summed E-state index contributed by atoms with van der Waals surface area (Å²) >= 11 is 0. The molecule has 0 saturated carbocycles. The Balaban J connectivity index is 1.29. The summed E-state index contributed by atoms with van der Waals surface area (Å²) in [4.78, 5) is 60.4. The summed E-state index contributed by atoms with van der Waals surface area (Å²) < 4.78 is 0. The third kappa shape index (κ3) is 10.1. The minimum absolute atomic E-state index is 0.0689. The first-order chi connectivity index (χ1) is 25.1. The van der Waals surface area contributed by atoms with Gasteiger partial charge >= 0.3 is 5.97 Å². The number of carboxylic acids is 1. The molecule has 4 aromatic rings. The highest BCUT2D eigenvalue weighted by atomic mass is 16.4. The zero-order chi connectivity index (χ0) is 37.1. The van der Waals surface area contributed by atoms with Crippen molar-refractivity contribution in [1.29, 1.82) is 0 Å². The minimum atomic E-state index is -0.953. The lowest BCUT2D eigenvalue weighted by atomic mass is 9.78. The van der Waals surface area contributed by atoms with Crippen LogP contribution in [0.3, 0.4) is 0 Å². The molecule has 4 N–H and O–H groups in total. The second-order valence-electron chi connectivity index (χ2n) is 13.6. The van der Waals surface area contributed by atoms with Crippen LogP contribution >= 0.6 is 0 Å². The zero-order valence-electron chi connectivity index (χ0n) is 30.2. The summed E-state index contributed by atoms with van der Waals surface area (Å²) in [5.74, 6) is -1.07. The Labute approximate surface area is 305 Å². The number of carbonyl (C=O) groups is 4. The minimum Gasteiger partial charge on any atom is -0.478 e. The first-order valence-corrected chi connectivity index (χ1v) is 17.7. The van der Waals surface area contributed by atoms with E-state index in [0.29, 0.717) is 50.5 Å². The molecule has 1 aromatic heterocycles. The van der Waals surface area contributed by atoms with Crippen LogP contribution in [-0.4, -0.2) is 70.3 Å². The van der Waals surface area contributed by atoms with Gasteiger partial charge in [-0.15, -0.1) is 0 Å². The van der Waals surface area contributed by atoms with Crippen LogP contribution in [0.25, 0.3) is 0 Å². The molecule has 1 aliphatic rings. The Morgan fingerprint density at radius 2 is 1.56 bits per heavy atom. The molecule has 2 heterocycles. The first-order valence-electron chi connectivity index (χ1n) is 17.7. The van der Waals surface area contributed by atoms with Crippen LogP contribution in [0.5, 0.6) is 0 Å². The molecule has 0 unspecified atom stereocenters. The van der Waals surface area contributed by atoms with E-state index in [0.717, 1.165) is 34.2 Å². The zero-order valence-corrected chi connectivity index (χ0v) is 30.2. The van der Waals surface area contributed by atoms with E-state index in [1.807, 2.05) is 75.5 Å². The van der Waals surface area contributed by atoms with Gasteiger partial charge in [-0.25, -0.2) is 9.78 Å². The number of likely N-dealkylation sites (tertiary alicyclic amines) is 1. The second-order valence-corrected chi connectivity index (χ2v) is 13.6. The molecule has 11 nitrogen and oxygen atoms in total. The largest absolute Gasteiger partial charge is 0.478 e. The highest BCUT2D eigenvalue weighted by Crippen LogP contribution is 2.34. The number of anilines is 2. The molecular weight excluding hydrogens is 656 g/mol. The topological polar surface area (TPSA) is 144 Å². The Kier molecular flexibility index (Phi) is 12.9. The average Bonchev–Trinajstić information content (AvgIpc) is 3.13. The number of benzene rings is 3. The van der Waals surface area contributed by atoms with Gasteiger partial charge in [0.2, 0.25) is 17.7 Å². The predicted molar refractivity (Wildman–Crippen MR) is 202 cm³/mol. The van der Waals surface area contributed by atoms with E-state index in [9.17, 15) is 24.3 Å². The fraction of sp³-hybridized carbons (Fsp3) is 0.341. The molecule has 0 spiro atoms. The van der Waals surface area contributed by atoms with Gasteiger partial charge in [0.05, 0.1) is 12.0 Å². The number of nitrogens with zero attached hydrogens (tertiary/aromatic N) is 3. The normalized spacial score (nSPS) is 14.0. The van der Waals surface area contributed by atoms with Crippen molar-refractivity contribution in [2.75, 3.05) is 37.3 Å². The summed E-state index contributed by atoms with van der Waals surface area (Å²) in [6.45, 7) is 6.85. The van der Waals surface area contributed by atoms with Crippen molar-refractivity contribution in [2.45, 2.75) is 59.2 Å². The first kappa shape index (κ1) is 37.9. The maximum atomic E-state index is 14.5. The SMILES string of the molecule is CCc1ccc(NC(=O)CN(Cc2ccccc2CNC)C(=O)C2(C)CCN(Cc3ccc(C(=O)O)cc3)CC2)cc1CC(=O)Nc1ccccn1. The van der Waals surface area contributed by atoms with Crippen LogP contribution in [0.1, 0.15) is 64.9 Å². The molecule has 0 bridgehead atoms. The Morgan fingerprint density at radius 1 is 0.846 bits per heavy atom. The fourth-order valence-corrected chi connectivity index (χ4v) is 6.67. The molecule has 3 amide bonds. The maximum absolute atomic E-state index is 14.5. The standard InChI is InChI=1S/C41H48N6O5/c1-4-30-16-17-35(23-34(30)24-37(48)45-36-11-7-8-20-43-36)44-38(49)28-47(27-33-10-6-5-9-32(33)25-42-3)40(52)41(2)18-21-46(22-19-41)26-29-12-14-31(15-13-29)39(50)51/h5-17,20,23,42H,4,18-19,21-22,24-28H2,1-3H3,(H,44,49)(H,50,51)(H,43,45,48). The molecule has 0 atom stereocenters. The number of hydrogen-bond donors (Lipinski definition) is 4. The molecular formula is C41H48N6O5. The van der Waals surface area contributed by atoms with Crippen LogP contribution in [0.2, 0.25) is 0 Å². The van der Waals surface area contributed by atoms with Crippen molar-refractivity contribution in [3.8, 4) is 0 Å². The number of carboxylic acid groups (broad SMARTS) is 1. The summed E-state index contributed by atoms with van der Waals surface area (Å²) in [6.07, 6.45) is 3.71. The van der Waals surface area contributed by atoms with Crippen LogP contribution < -0.4 is 16.0 Å². The second kappa shape index (κ2) is 17.7. The van der Waals surface area contributed by atoms with Crippen molar-refractivity contribution in [3.05, 3.63) is 125 Å². The van der Waals surface area contributed by atoms with Crippen LogP contribution in [0.4, 0.5) is 11.5 Å². The van der Waals surface area contributed by atoms with Gasteiger partial charge in [-0.05, 0) is 104 Å². The van der Waals surface area contributed by atoms with Gasteiger partial charge < -0.3 is 26.0 Å². The highest BCUT2D eigenvalue weighted by Gasteiger charge is 2.40. The smallest absolute Gasteiger partial charge is 0.335 e. The molecule has 11 heteroatoms. The number of aromatic nitrogens is 1. The van der Waals surface area contributed by atoms with E-state index >= 15 is 0 Å². The molecule has 1 aliphatic heterocycles. The van der Waals surface area contributed by atoms with Gasteiger partial charge in [-0.1, -0.05) is 62.4 Å². The van der Waals surface area contributed by atoms with E-state index < -0.39 is 11.4 Å². The number of hydrogen-bond acceptors (Lipinski definition) is 7. The lowest BCUT2D eigenvalue weighted by molar-refractivity contribution is -0.146. The quantitative estimate of drug-likeness (QED) is 0.127. The maximum Gasteiger partial charge on any atom is 0.335 e. The number of aromatic carboxylic acids is 1. The lowest BCUT2D eigenvalue weighted by Gasteiger charge is -2.41. The average molecular weight is 705 g/mol. The number of carbonyl (C=O) groups excluding carboxylic acids is 3. The van der Waals surface area contributed by atoms with E-state index in [1.54, 1.807) is 41.4 Å². The van der Waals surface area contributed by atoms with Gasteiger partial charge in [0.15, 0.2) is 0 Å². The monoisotopic (exact) mass is 704 g/mol. The van der Waals surface area contributed by atoms with Crippen molar-refractivity contribution >= 4 is 35.2 Å². The molecule has 3 aromatic carbocycles. The van der Waals surface area contributed by atoms with Crippen molar-refractivity contribution in [1.82, 2.24) is 20.1 Å². The van der Waals surface area contributed by atoms with Gasteiger partial charge in [0.25, 0.3) is 0 Å². The molecule has 0 radical (unpaired) electrons. The summed E-state index contributed by atoms with van der Waals surface area (Å²) in [6, 6.07) is 25.7. The molecule has 1 fully saturated rings.